The van der Waals surface area contributed by atoms with E-state index in [1.165, 1.54) is 13.2 Å². The lowest BCUT2D eigenvalue weighted by Crippen LogP contribution is -2.06. The van der Waals surface area contributed by atoms with E-state index < -0.39 is 11.9 Å². The number of nitrogens with zero attached hydrogens (tertiary/aromatic N) is 1. The lowest BCUT2D eigenvalue weighted by molar-refractivity contribution is -0.132. The van der Waals surface area contributed by atoms with Crippen molar-refractivity contribution in [1.29, 1.82) is 0 Å². The lowest BCUT2D eigenvalue weighted by Gasteiger charge is -2.18. The number of rotatable bonds is 11. The van der Waals surface area contributed by atoms with Gasteiger partial charge in [0.1, 0.15) is 17.2 Å². The van der Waals surface area contributed by atoms with Gasteiger partial charge in [-0.3, -0.25) is 4.98 Å². The SMILES string of the molecule is CCCOc1cncc(C=C(Cc2cc3c(cc2OC)OCO3)C(=O)O)c1-c1ccc(OC)c2ccc(C(=O)O)cc12. The minimum atomic E-state index is -1.13. The smallest absolute Gasteiger partial charge is 0.335 e. The average molecular weight is 572 g/mol. The van der Waals surface area contributed by atoms with Crippen molar-refractivity contribution in [2.75, 3.05) is 27.6 Å². The van der Waals surface area contributed by atoms with E-state index in [4.69, 9.17) is 23.7 Å². The van der Waals surface area contributed by atoms with Gasteiger partial charge in [0.15, 0.2) is 11.5 Å². The van der Waals surface area contributed by atoms with Crippen molar-refractivity contribution in [2.45, 2.75) is 19.8 Å². The van der Waals surface area contributed by atoms with Crippen molar-refractivity contribution in [3.63, 3.8) is 0 Å². The van der Waals surface area contributed by atoms with E-state index in [1.807, 2.05) is 6.92 Å². The molecule has 2 N–H and O–H groups in total. The number of carboxylic acids is 2. The van der Waals surface area contributed by atoms with Crippen LogP contribution in [0.25, 0.3) is 28.0 Å². The molecule has 42 heavy (non-hydrogen) atoms. The van der Waals surface area contributed by atoms with Crippen molar-refractivity contribution in [2.24, 2.45) is 0 Å². The molecule has 0 bridgehead atoms. The first-order chi connectivity index (χ1) is 20.3. The normalized spacial score (nSPS) is 12.3. The largest absolute Gasteiger partial charge is 0.496 e. The molecule has 2 heterocycles. The van der Waals surface area contributed by atoms with Gasteiger partial charge < -0.3 is 33.9 Å². The molecule has 1 aliphatic rings. The second kappa shape index (κ2) is 12.1. The van der Waals surface area contributed by atoms with Crippen molar-refractivity contribution in [3.8, 4) is 39.9 Å². The third kappa shape index (κ3) is 5.51. The van der Waals surface area contributed by atoms with Crippen LogP contribution in [0.4, 0.5) is 0 Å². The van der Waals surface area contributed by atoms with Crippen LogP contribution < -0.4 is 23.7 Å². The van der Waals surface area contributed by atoms with Crippen LogP contribution in [0.5, 0.6) is 28.7 Å². The first-order valence-corrected chi connectivity index (χ1v) is 13.2. The maximum Gasteiger partial charge on any atom is 0.335 e. The summed E-state index contributed by atoms with van der Waals surface area (Å²) in [7, 11) is 3.04. The summed E-state index contributed by atoms with van der Waals surface area (Å²) in [6, 6.07) is 11.8. The van der Waals surface area contributed by atoms with Gasteiger partial charge in [-0.2, -0.15) is 0 Å². The number of methoxy groups -OCH3 is 2. The molecule has 216 valence electrons. The summed E-state index contributed by atoms with van der Waals surface area (Å²) >= 11 is 0. The Morgan fingerprint density at radius 3 is 2.38 bits per heavy atom. The molecule has 0 saturated heterocycles. The van der Waals surface area contributed by atoms with Gasteiger partial charge in [0.05, 0.1) is 32.6 Å². The Kier molecular flexibility index (Phi) is 8.14. The fourth-order valence-corrected chi connectivity index (χ4v) is 4.90. The number of hydrogen-bond acceptors (Lipinski definition) is 8. The van der Waals surface area contributed by atoms with Crippen molar-refractivity contribution >= 4 is 28.8 Å². The minimum Gasteiger partial charge on any atom is -0.496 e. The first kappa shape index (κ1) is 28.3. The number of carbonyl (C=O) groups is 2. The first-order valence-electron chi connectivity index (χ1n) is 13.2. The zero-order valence-corrected chi connectivity index (χ0v) is 23.3. The Morgan fingerprint density at radius 2 is 1.69 bits per heavy atom. The van der Waals surface area contributed by atoms with Gasteiger partial charge in [0.2, 0.25) is 6.79 Å². The van der Waals surface area contributed by atoms with Gasteiger partial charge in [-0.1, -0.05) is 6.92 Å². The molecule has 0 amide bonds. The molecule has 3 aromatic carbocycles. The Bertz CT molecular complexity index is 1710. The number of carboxylic acid groups (broad SMARTS) is 2. The van der Waals surface area contributed by atoms with Crippen LogP contribution in [0.3, 0.4) is 0 Å². The number of ether oxygens (including phenoxy) is 5. The molecular formula is C32H29NO9. The Balaban J connectivity index is 1.71. The molecule has 0 atom stereocenters. The van der Waals surface area contributed by atoms with Crippen LogP contribution >= 0.6 is 0 Å². The highest BCUT2D eigenvalue weighted by molar-refractivity contribution is 6.06. The van der Waals surface area contributed by atoms with Crippen LogP contribution in [-0.4, -0.2) is 54.8 Å². The Hall–Kier alpha value is -5.25. The number of hydrogen-bond donors (Lipinski definition) is 2. The Labute approximate surface area is 241 Å². The summed E-state index contributed by atoms with van der Waals surface area (Å²) < 4.78 is 28.1. The number of aliphatic carboxylic acids is 1. The second-order valence-electron chi connectivity index (χ2n) is 9.50. The zero-order chi connectivity index (χ0) is 29.8. The van der Waals surface area contributed by atoms with Crippen LogP contribution in [-0.2, 0) is 11.2 Å². The summed E-state index contributed by atoms with van der Waals surface area (Å²) in [6.07, 6.45) is 5.42. The van der Waals surface area contributed by atoms with Crippen LogP contribution in [0.15, 0.2) is 60.4 Å². The summed E-state index contributed by atoms with van der Waals surface area (Å²) in [4.78, 5) is 28.8. The van der Waals surface area contributed by atoms with E-state index in [0.29, 0.717) is 68.4 Å². The predicted octanol–water partition coefficient (Wildman–Crippen LogP) is 5.85. The fourth-order valence-electron chi connectivity index (χ4n) is 4.90. The monoisotopic (exact) mass is 571 g/mol. The third-order valence-electron chi connectivity index (χ3n) is 6.88. The van der Waals surface area contributed by atoms with Gasteiger partial charge in [-0.05, 0) is 59.8 Å². The van der Waals surface area contributed by atoms with Gasteiger partial charge in [0.25, 0.3) is 0 Å². The lowest BCUT2D eigenvalue weighted by atomic mass is 9.92. The number of pyridine rings is 1. The van der Waals surface area contributed by atoms with Crippen LogP contribution in [0.2, 0.25) is 0 Å². The third-order valence-corrected chi connectivity index (χ3v) is 6.88. The van der Waals surface area contributed by atoms with Gasteiger partial charge in [-0.25, -0.2) is 9.59 Å². The van der Waals surface area contributed by atoms with E-state index in [9.17, 15) is 19.8 Å². The summed E-state index contributed by atoms with van der Waals surface area (Å²) in [6.45, 7) is 2.44. The highest BCUT2D eigenvalue weighted by Gasteiger charge is 2.22. The molecule has 0 saturated carbocycles. The van der Waals surface area contributed by atoms with Crippen molar-refractivity contribution in [3.05, 3.63) is 77.1 Å². The van der Waals surface area contributed by atoms with E-state index in [2.05, 4.69) is 4.98 Å². The second-order valence-corrected chi connectivity index (χ2v) is 9.50. The number of benzene rings is 3. The molecule has 1 aromatic heterocycles. The summed E-state index contributed by atoms with van der Waals surface area (Å²) in [5, 5.41) is 21.3. The molecule has 0 unspecified atom stereocenters. The highest BCUT2D eigenvalue weighted by atomic mass is 16.7. The summed E-state index contributed by atoms with van der Waals surface area (Å²) in [5.41, 5.74) is 2.45. The van der Waals surface area contributed by atoms with E-state index in [-0.39, 0.29) is 24.4 Å². The van der Waals surface area contributed by atoms with Crippen molar-refractivity contribution in [1.82, 2.24) is 4.98 Å². The molecule has 1 aliphatic heterocycles. The van der Waals surface area contributed by atoms with Crippen LogP contribution in [0, 0.1) is 0 Å². The zero-order valence-electron chi connectivity index (χ0n) is 23.3. The van der Waals surface area contributed by atoms with Gasteiger partial charge in [0, 0.05) is 46.3 Å². The van der Waals surface area contributed by atoms with Gasteiger partial charge in [-0.15, -0.1) is 0 Å². The standard InChI is InChI=1S/C32H29NO9/c1-4-9-40-29-16-33-15-21(11-20(32(36)37)10-19-13-27-28(42-17-41-27)14-26(19)39-3)30(29)23-7-8-25(38-2)22-6-5-18(31(34)35)12-24(22)23/h5-8,11-16H,4,9-10,17H2,1-3H3,(H,34,35)(H,36,37). The predicted molar refractivity (Wildman–Crippen MR) is 155 cm³/mol. The minimum absolute atomic E-state index is 0.0150. The maximum absolute atomic E-state index is 12.6. The molecule has 10 heteroatoms. The summed E-state index contributed by atoms with van der Waals surface area (Å²) in [5.74, 6) is 0.286. The quantitative estimate of drug-likeness (QED) is 0.211. The molecule has 0 radical (unpaired) electrons. The highest BCUT2D eigenvalue weighted by Crippen LogP contribution is 2.42. The van der Waals surface area contributed by atoms with Crippen molar-refractivity contribution < 1.29 is 43.5 Å². The fraction of sp³-hybridized carbons (Fsp3) is 0.219. The molecule has 0 fully saturated rings. The van der Waals surface area contributed by atoms with Gasteiger partial charge >= 0.3 is 11.9 Å². The number of aromatic carboxylic acids is 1. The molecule has 0 aliphatic carbocycles. The molecular weight excluding hydrogens is 542 g/mol. The molecule has 4 aromatic rings. The molecule has 10 nitrogen and oxygen atoms in total. The van der Waals surface area contributed by atoms with E-state index >= 15 is 0 Å². The van der Waals surface area contributed by atoms with Crippen LogP contribution in [0.1, 0.15) is 34.8 Å². The van der Waals surface area contributed by atoms with E-state index in [1.54, 1.807) is 62.0 Å². The topological polar surface area (TPSA) is 134 Å². The number of aromatic nitrogens is 1. The maximum atomic E-state index is 12.6. The van der Waals surface area contributed by atoms with E-state index in [0.717, 1.165) is 6.42 Å². The molecule has 5 rings (SSSR count). The Morgan fingerprint density at radius 1 is 0.929 bits per heavy atom. The average Bonchev–Trinajstić information content (AvgIpc) is 3.45. The molecule has 0 spiro atoms. The number of fused-ring (bicyclic) bond motifs is 2.